The lowest BCUT2D eigenvalue weighted by molar-refractivity contribution is -0.164. The fourth-order valence-corrected chi connectivity index (χ4v) is 4.54. The summed E-state index contributed by atoms with van der Waals surface area (Å²) in [6, 6.07) is 6.41. The van der Waals surface area contributed by atoms with Crippen molar-refractivity contribution in [2.45, 2.75) is 37.7 Å². The predicted molar refractivity (Wildman–Crippen MR) is 118 cm³/mol. The zero-order valence-corrected chi connectivity index (χ0v) is 19.6. The molecule has 10 nitrogen and oxygen atoms in total. The van der Waals surface area contributed by atoms with Gasteiger partial charge in [0.05, 0.1) is 11.5 Å². The van der Waals surface area contributed by atoms with Crippen molar-refractivity contribution >= 4 is 17.8 Å². The van der Waals surface area contributed by atoms with E-state index in [0.29, 0.717) is 5.56 Å². The van der Waals surface area contributed by atoms with E-state index in [1.165, 1.54) is 28.2 Å². The van der Waals surface area contributed by atoms with Crippen LogP contribution in [0.4, 0.5) is 4.79 Å². The Morgan fingerprint density at radius 2 is 1.33 bits per heavy atom. The van der Waals surface area contributed by atoms with Crippen LogP contribution in [0.2, 0.25) is 0 Å². The Balaban J connectivity index is 2.07. The topological polar surface area (TPSA) is 111 Å². The summed E-state index contributed by atoms with van der Waals surface area (Å²) in [6.45, 7) is 6.15. The third-order valence-electron chi connectivity index (χ3n) is 6.53. The fraction of sp³-hybridized carbons (Fsp3) is 0.435. The van der Waals surface area contributed by atoms with E-state index in [9.17, 15) is 24.0 Å². The SMILES string of the molecule is CN1C(=O)N(C)C(=O)C2(Oc3c(c(=O)n(C)c(=O)n3C)C2c2ccc(C(C)(C)C)cc2)C1=O. The smallest absolute Gasteiger partial charge is 0.333 e. The van der Waals surface area contributed by atoms with Crippen molar-refractivity contribution in [3.05, 3.63) is 61.8 Å². The number of likely N-dealkylation sites (N-methyl/N-ethyl adjacent to an activating group) is 2. The molecule has 0 aliphatic carbocycles. The summed E-state index contributed by atoms with van der Waals surface area (Å²) in [4.78, 5) is 66.9. The number of hydrogen-bond donors (Lipinski definition) is 0. The molecule has 0 bridgehead atoms. The number of imide groups is 2. The molecule has 1 aromatic heterocycles. The Labute approximate surface area is 190 Å². The molecule has 1 aromatic carbocycles. The molecule has 10 heteroatoms. The summed E-state index contributed by atoms with van der Waals surface area (Å²) < 4.78 is 7.98. The van der Waals surface area contributed by atoms with Crippen molar-refractivity contribution < 1.29 is 19.1 Å². The van der Waals surface area contributed by atoms with Crippen LogP contribution in [-0.2, 0) is 29.1 Å². The lowest BCUT2D eigenvalue weighted by Gasteiger charge is -2.41. The molecule has 2 aliphatic heterocycles. The van der Waals surface area contributed by atoms with E-state index in [1.807, 2.05) is 32.9 Å². The van der Waals surface area contributed by atoms with Gasteiger partial charge >= 0.3 is 11.7 Å². The molecular formula is C23H26N4O6. The number of amides is 4. The Bertz CT molecular complexity index is 1300. The minimum Gasteiger partial charge on any atom is -0.450 e. The minimum absolute atomic E-state index is 0.0148. The number of nitrogens with zero attached hydrogens (tertiary/aromatic N) is 4. The Morgan fingerprint density at radius 3 is 1.82 bits per heavy atom. The molecule has 2 aromatic rings. The second-order valence-corrected chi connectivity index (χ2v) is 9.58. The lowest BCUT2D eigenvalue weighted by Crippen LogP contribution is -2.70. The highest BCUT2D eigenvalue weighted by atomic mass is 16.5. The van der Waals surface area contributed by atoms with Gasteiger partial charge in [-0.1, -0.05) is 45.0 Å². The van der Waals surface area contributed by atoms with Gasteiger partial charge < -0.3 is 4.74 Å². The molecule has 174 valence electrons. The first-order chi connectivity index (χ1) is 15.2. The summed E-state index contributed by atoms with van der Waals surface area (Å²) in [5, 5.41) is 0. The summed E-state index contributed by atoms with van der Waals surface area (Å²) in [7, 11) is 5.22. The van der Waals surface area contributed by atoms with E-state index in [4.69, 9.17) is 4.74 Å². The van der Waals surface area contributed by atoms with Crippen LogP contribution in [0.1, 0.15) is 43.4 Å². The fourth-order valence-electron chi connectivity index (χ4n) is 4.54. The van der Waals surface area contributed by atoms with Crippen LogP contribution in [0.25, 0.3) is 0 Å². The van der Waals surface area contributed by atoms with Gasteiger partial charge in [0.25, 0.3) is 23.0 Å². The summed E-state index contributed by atoms with van der Waals surface area (Å²) in [6.07, 6.45) is 0. The molecule has 0 saturated carbocycles. The van der Waals surface area contributed by atoms with Gasteiger partial charge in [0.15, 0.2) is 0 Å². The van der Waals surface area contributed by atoms with Crippen LogP contribution in [0.5, 0.6) is 5.88 Å². The van der Waals surface area contributed by atoms with Crippen molar-refractivity contribution in [2.24, 2.45) is 14.1 Å². The standard InChI is InChI=1S/C23H26N4O6/c1-22(2,3)13-10-8-12(9-11-13)15-14-16(28)24(4)20(31)25(5)17(14)33-23(15)18(29)26(6)21(32)27(7)19(23)30/h8-11,15H,1-7H3. The number of barbiturate groups is 1. The number of aromatic nitrogens is 2. The van der Waals surface area contributed by atoms with E-state index in [2.05, 4.69) is 0 Å². The first-order valence-corrected chi connectivity index (χ1v) is 10.4. The van der Waals surface area contributed by atoms with Crippen LogP contribution < -0.4 is 16.0 Å². The highest BCUT2D eigenvalue weighted by molar-refractivity contribution is 6.22. The van der Waals surface area contributed by atoms with Gasteiger partial charge in [-0.25, -0.2) is 9.59 Å². The molecule has 33 heavy (non-hydrogen) atoms. The largest absolute Gasteiger partial charge is 0.450 e. The molecular weight excluding hydrogens is 428 g/mol. The molecule has 1 saturated heterocycles. The normalized spacial score (nSPS) is 19.8. The van der Waals surface area contributed by atoms with Crippen LogP contribution in [-0.4, -0.2) is 56.5 Å². The lowest BCUT2D eigenvalue weighted by atomic mass is 9.76. The van der Waals surface area contributed by atoms with Gasteiger partial charge in [-0.3, -0.25) is 33.3 Å². The maximum absolute atomic E-state index is 13.5. The van der Waals surface area contributed by atoms with E-state index >= 15 is 0 Å². The average Bonchev–Trinajstić information content (AvgIpc) is 3.14. The van der Waals surface area contributed by atoms with Gasteiger partial charge in [0, 0.05) is 28.2 Å². The molecule has 1 spiro atoms. The number of rotatable bonds is 1. The zero-order chi connectivity index (χ0) is 24.6. The number of carbonyl (C=O) groups excluding carboxylic acids is 3. The average molecular weight is 454 g/mol. The number of ether oxygens (including phenoxy) is 1. The molecule has 1 atom stereocenters. The highest BCUT2D eigenvalue weighted by Crippen LogP contribution is 2.49. The van der Waals surface area contributed by atoms with Gasteiger partial charge in [0.1, 0.15) is 0 Å². The van der Waals surface area contributed by atoms with Crippen LogP contribution >= 0.6 is 0 Å². The van der Waals surface area contributed by atoms with Gasteiger partial charge in [-0.2, -0.15) is 0 Å². The molecule has 2 aliphatic rings. The van der Waals surface area contributed by atoms with E-state index in [0.717, 1.165) is 24.5 Å². The molecule has 0 N–H and O–H groups in total. The van der Waals surface area contributed by atoms with Crippen molar-refractivity contribution in [1.29, 1.82) is 0 Å². The van der Waals surface area contributed by atoms with Gasteiger partial charge in [-0.15, -0.1) is 0 Å². The monoisotopic (exact) mass is 454 g/mol. The zero-order valence-electron chi connectivity index (χ0n) is 19.6. The third kappa shape index (κ3) is 2.82. The quantitative estimate of drug-likeness (QED) is 0.587. The number of carbonyl (C=O) groups is 3. The molecule has 3 heterocycles. The number of benzene rings is 1. The maximum Gasteiger partial charge on any atom is 0.333 e. The van der Waals surface area contributed by atoms with Crippen molar-refractivity contribution in [2.75, 3.05) is 14.1 Å². The van der Waals surface area contributed by atoms with E-state index in [-0.39, 0.29) is 16.9 Å². The minimum atomic E-state index is -2.24. The molecule has 1 unspecified atom stereocenters. The predicted octanol–water partition coefficient (Wildman–Crippen LogP) is 0.695. The first-order valence-electron chi connectivity index (χ1n) is 10.4. The van der Waals surface area contributed by atoms with Crippen molar-refractivity contribution in [3.63, 3.8) is 0 Å². The maximum atomic E-state index is 13.5. The van der Waals surface area contributed by atoms with Crippen molar-refractivity contribution in [1.82, 2.24) is 18.9 Å². The van der Waals surface area contributed by atoms with E-state index in [1.54, 1.807) is 12.1 Å². The van der Waals surface area contributed by atoms with Crippen molar-refractivity contribution in [3.8, 4) is 5.88 Å². The Kier molecular flexibility index (Phi) is 4.71. The van der Waals surface area contributed by atoms with Crippen LogP contribution in [0, 0.1) is 0 Å². The molecule has 4 rings (SSSR count). The van der Waals surface area contributed by atoms with Gasteiger partial charge in [0.2, 0.25) is 5.88 Å². The summed E-state index contributed by atoms with van der Waals surface area (Å²) in [5.41, 5.74) is -2.21. The van der Waals surface area contributed by atoms with Crippen LogP contribution in [0.15, 0.2) is 33.9 Å². The number of hydrogen-bond acceptors (Lipinski definition) is 6. The summed E-state index contributed by atoms with van der Waals surface area (Å²) in [5.74, 6) is -3.12. The number of fused-ring (bicyclic) bond motifs is 1. The van der Waals surface area contributed by atoms with Gasteiger partial charge in [-0.05, 0) is 16.5 Å². The Morgan fingerprint density at radius 1 is 0.818 bits per heavy atom. The summed E-state index contributed by atoms with van der Waals surface area (Å²) >= 11 is 0. The highest BCUT2D eigenvalue weighted by Gasteiger charge is 2.68. The Hall–Kier alpha value is -3.69. The molecule has 1 fully saturated rings. The molecule has 0 radical (unpaired) electrons. The van der Waals surface area contributed by atoms with E-state index < -0.39 is 40.6 Å². The second kappa shape index (κ2) is 6.90. The number of urea groups is 1. The molecule has 4 amide bonds. The third-order valence-corrected chi connectivity index (χ3v) is 6.53. The van der Waals surface area contributed by atoms with Crippen LogP contribution in [0.3, 0.4) is 0 Å². The first kappa shape index (κ1) is 22.5. The second-order valence-electron chi connectivity index (χ2n) is 9.58.